The summed E-state index contributed by atoms with van der Waals surface area (Å²) in [6.07, 6.45) is 26.6. The minimum Gasteiger partial charge on any atom is -0.494 e. The molecule has 0 bridgehead atoms. The molecule has 12 heteroatoms. The summed E-state index contributed by atoms with van der Waals surface area (Å²) in [5.41, 5.74) is 0.350. The van der Waals surface area contributed by atoms with Crippen molar-refractivity contribution in [1.82, 2.24) is 5.32 Å². The Balaban J connectivity index is 2.50. The van der Waals surface area contributed by atoms with E-state index in [1.165, 1.54) is 89.9 Å². The summed E-state index contributed by atoms with van der Waals surface area (Å²) < 4.78 is 31.9. The molecule has 1 aromatic carbocycles. The van der Waals surface area contributed by atoms with E-state index in [2.05, 4.69) is 23.7 Å². The maximum atomic E-state index is 13.2. The van der Waals surface area contributed by atoms with Crippen LogP contribution in [-0.2, 0) is 28.2 Å². The molecule has 0 aromatic heterocycles. The number of ether oxygens (including phenoxy) is 3. The molecule has 0 spiro atoms. The second kappa shape index (κ2) is 33.8. The van der Waals surface area contributed by atoms with E-state index >= 15 is 0 Å². The summed E-state index contributed by atoms with van der Waals surface area (Å²) in [4.78, 5) is 56.3. The molecular formula is C42H74NO10P. The van der Waals surface area contributed by atoms with Gasteiger partial charge in [-0.1, -0.05) is 136 Å². The number of phosphoric acid groups is 1. The van der Waals surface area contributed by atoms with Crippen LogP contribution in [0.25, 0.3) is 0 Å². The highest BCUT2D eigenvalue weighted by Crippen LogP contribution is 2.35. The minimum absolute atomic E-state index is 0.000459. The Bertz CT molecular complexity index is 1130. The molecule has 0 aliphatic heterocycles. The van der Waals surface area contributed by atoms with Crippen molar-refractivity contribution in [2.45, 2.75) is 187 Å². The fraction of sp³-hybridized carbons (Fsp3) is 0.786. The number of esters is 2. The van der Waals surface area contributed by atoms with Crippen molar-refractivity contribution < 1.29 is 47.5 Å². The molecule has 0 aliphatic rings. The maximum absolute atomic E-state index is 13.2. The van der Waals surface area contributed by atoms with E-state index in [-0.39, 0.29) is 32.0 Å². The van der Waals surface area contributed by atoms with Crippen molar-refractivity contribution in [2.75, 3.05) is 26.4 Å². The third-order valence-electron chi connectivity index (χ3n) is 9.41. The summed E-state index contributed by atoms with van der Waals surface area (Å²) >= 11 is 0. The number of carbonyl (C=O) groups excluding carboxylic acids is 3. The first-order chi connectivity index (χ1) is 26.2. The van der Waals surface area contributed by atoms with Crippen molar-refractivity contribution in [1.29, 1.82) is 0 Å². The van der Waals surface area contributed by atoms with Gasteiger partial charge in [0.25, 0.3) is 5.91 Å². The Labute approximate surface area is 326 Å². The van der Waals surface area contributed by atoms with Gasteiger partial charge in [0.2, 0.25) is 0 Å². The van der Waals surface area contributed by atoms with Crippen LogP contribution in [0.3, 0.4) is 0 Å². The average Bonchev–Trinajstić information content (AvgIpc) is 3.15. The molecule has 1 aromatic rings. The van der Waals surface area contributed by atoms with E-state index in [0.717, 1.165) is 57.8 Å². The van der Waals surface area contributed by atoms with Crippen LogP contribution in [-0.4, -0.2) is 60.1 Å². The zero-order valence-corrected chi connectivity index (χ0v) is 34.6. The second-order valence-electron chi connectivity index (χ2n) is 14.4. The van der Waals surface area contributed by atoms with E-state index in [1.807, 2.05) is 0 Å². The lowest BCUT2D eigenvalue weighted by Gasteiger charge is -2.18. The van der Waals surface area contributed by atoms with Crippen LogP contribution in [0.4, 0.5) is 0 Å². The van der Waals surface area contributed by atoms with E-state index < -0.39 is 25.7 Å². The first-order valence-electron chi connectivity index (χ1n) is 21.2. The van der Waals surface area contributed by atoms with Crippen molar-refractivity contribution in [3.8, 4) is 5.75 Å². The van der Waals surface area contributed by atoms with Crippen LogP contribution in [0.15, 0.2) is 24.3 Å². The number of hydrogen-bond donors (Lipinski definition) is 3. The summed E-state index contributed by atoms with van der Waals surface area (Å²) in [6.45, 7) is 5.55. The van der Waals surface area contributed by atoms with Gasteiger partial charge in [-0.15, -0.1) is 0 Å². The van der Waals surface area contributed by atoms with Crippen LogP contribution >= 0.6 is 7.82 Å². The predicted octanol–water partition coefficient (Wildman–Crippen LogP) is 10.5. The monoisotopic (exact) mass is 784 g/mol. The Kier molecular flexibility index (Phi) is 31.1. The predicted molar refractivity (Wildman–Crippen MR) is 214 cm³/mol. The Morgan fingerprint density at radius 3 is 1.50 bits per heavy atom. The SMILES string of the molecule is CCCCCCCCCCCCOC(=O)CCC(NC(=O)c1ccc(OCCCCCCOP(=O)(O)O)cc1)C(=O)OCCCCCCCCCCCC. The molecule has 1 atom stereocenters. The van der Waals surface area contributed by atoms with Crippen LogP contribution in [0.2, 0.25) is 0 Å². The van der Waals surface area contributed by atoms with Crippen molar-refractivity contribution in [2.24, 2.45) is 0 Å². The number of amides is 1. The summed E-state index contributed by atoms with van der Waals surface area (Å²) in [5.74, 6) is -0.786. The number of benzene rings is 1. The molecule has 11 nitrogen and oxygen atoms in total. The molecule has 0 radical (unpaired) electrons. The van der Waals surface area contributed by atoms with Crippen LogP contribution in [0.1, 0.15) is 191 Å². The zero-order valence-electron chi connectivity index (χ0n) is 33.7. The molecule has 0 saturated heterocycles. The first kappa shape index (κ1) is 49.6. The largest absolute Gasteiger partial charge is 0.494 e. The summed E-state index contributed by atoms with van der Waals surface area (Å²) in [7, 11) is -4.42. The van der Waals surface area contributed by atoms with Gasteiger partial charge in [0.05, 0.1) is 26.4 Å². The molecule has 1 rings (SSSR count). The topological polar surface area (TPSA) is 158 Å². The Morgan fingerprint density at radius 1 is 0.593 bits per heavy atom. The van der Waals surface area contributed by atoms with Gasteiger partial charge in [0.1, 0.15) is 11.8 Å². The van der Waals surface area contributed by atoms with Gasteiger partial charge in [-0.2, -0.15) is 0 Å². The normalized spacial score (nSPS) is 12.0. The van der Waals surface area contributed by atoms with E-state index in [0.29, 0.717) is 30.9 Å². The summed E-state index contributed by atoms with van der Waals surface area (Å²) in [6, 6.07) is 5.64. The number of carbonyl (C=O) groups is 3. The third-order valence-corrected chi connectivity index (χ3v) is 9.93. The fourth-order valence-corrected chi connectivity index (χ4v) is 6.46. The van der Waals surface area contributed by atoms with E-state index in [9.17, 15) is 18.9 Å². The average molecular weight is 784 g/mol. The molecule has 3 N–H and O–H groups in total. The van der Waals surface area contributed by atoms with E-state index in [4.69, 9.17) is 24.0 Å². The highest BCUT2D eigenvalue weighted by atomic mass is 31.2. The fourth-order valence-electron chi connectivity index (χ4n) is 6.10. The van der Waals surface area contributed by atoms with Crippen molar-refractivity contribution in [3.63, 3.8) is 0 Å². The molecule has 0 saturated carbocycles. The van der Waals surface area contributed by atoms with Crippen molar-refractivity contribution >= 4 is 25.7 Å². The molecule has 1 amide bonds. The third kappa shape index (κ3) is 29.8. The van der Waals surface area contributed by atoms with Crippen LogP contribution in [0, 0.1) is 0 Å². The molecule has 312 valence electrons. The lowest BCUT2D eigenvalue weighted by atomic mass is 10.1. The Hall–Kier alpha value is -2.46. The molecular weight excluding hydrogens is 709 g/mol. The molecule has 0 heterocycles. The standard InChI is InChI=1S/C42H74NO10P/c1-3-5-7-9-11-13-15-17-19-24-34-51-40(44)32-31-39(42(46)52-35-25-20-18-16-14-12-10-8-6-4-2)43-41(45)37-27-29-38(30-28-37)50-33-23-21-22-26-36-53-54(47,48)49/h27-30,39H,3-26,31-36H2,1-2H3,(H,43,45)(H2,47,48,49). The van der Waals surface area contributed by atoms with Gasteiger partial charge in [-0.25, -0.2) is 9.36 Å². The molecule has 0 aliphatic carbocycles. The lowest BCUT2D eigenvalue weighted by molar-refractivity contribution is -0.147. The van der Waals surface area contributed by atoms with Gasteiger partial charge >= 0.3 is 19.8 Å². The second-order valence-corrected chi connectivity index (χ2v) is 15.7. The minimum atomic E-state index is -4.42. The summed E-state index contributed by atoms with van der Waals surface area (Å²) in [5, 5.41) is 2.77. The smallest absolute Gasteiger partial charge is 0.469 e. The highest BCUT2D eigenvalue weighted by molar-refractivity contribution is 7.46. The number of unbranched alkanes of at least 4 members (excludes halogenated alkanes) is 21. The molecule has 54 heavy (non-hydrogen) atoms. The number of phosphoric ester groups is 1. The molecule has 1 unspecified atom stereocenters. The van der Waals surface area contributed by atoms with Gasteiger partial charge in [0.15, 0.2) is 0 Å². The van der Waals surface area contributed by atoms with Gasteiger partial charge in [-0.05, 0) is 62.8 Å². The zero-order chi connectivity index (χ0) is 39.5. The lowest BCUT2D eigenvalue weighted by Crippen LogP contribution is -2.42. The quantitative estimate of drug-likeness (QED) is 0.0337. The van der Waals surface area contributed by atoms with Gasteiger partial charge in [-0.3, -0.25) is 14.1 Å². The Morgan fingerprint density at radius 2 is 1.02 bits per heavy atom. The number of nitrogens with one attached hydrogen (secondary N) is 1. The van der Waals surface area contributed by atoms with E-state index in [1.54, 1.807) is 24.3 Å². The van der Waals surface area contributed by atoms with Gasteiger partial charge in [0, 0.05) is 12.0 Å². The first-order valence-corrected chi connectivity index (χ1v) is 22.7. The maximum Gasteiger partial charge on any atom is 0.469 e. The van der Waals surface area contributed by atoms with Crippen LogP contribution < -0.4 is 10.1 Å². The number of rotatable bonds is 37. The highest BCUT2D eigenvalue weighted by Gasteiger charge is 2.24. The van der Waals surface area contributed by atoms with Crippen molar-refractivity contribution in [3.05, 3.63) is 29.8 Å². The number of hydrogen-bond acceptors (Lipinski definition) is 8. The van der Waals surface area contributed by atoms with Crippen LogP contribution in [0.5, 0.6) is 5.75 Å². The van der Waals surface area contributed by atoms with Gasteiger partial charge < -0.3 is 29.3 Å². The molecule has 0 fully saturated rings.